The molecular formula is C13H12N4O2. The maximum atomic E-state index is 10.9. The van der Waals surface area contributed by atoms with Crippen molar-refractivity contribution in [3.63, 3.8) is 0 Å². The summed E-state index contributed by atoms with van der Waals surface area (Å²) in [5, 5.41) is 21.7. The Balaban J connectivity index is 2.46. The first-order valence-electron chi connectivity index (χ1n) is 5.85. The average Bonchev–Trinajstić information content (AvgIpc) is 2.84. The fraction of sp³-hybridized carbons (Fsp3) is 0.231. The molecule has 6 heteroatoms. The van der Waals surface area contributed by atoms with Gasteiger partial charge in [0.1, 0.15) is 5.82 Å². The van der Waals surface area contributed by atoms with Crippen molar-refractivity contribution < 1.29 is 9.90 Å². The zero-order valence-corrected chi connectivity index (χ0v) is 10.4. The van der Waals surface area contributed by atoms with Gasteiger partial charge in [0.25, 0.3) is 5.82 Å². The average molecular weight is 256 g/mol. The fourth-order valence-electron chi connectivity index (χ4n) is 1.70. The molecule has 0 aliphatic carbocycles. The van der Waals surface area contributed by atoms with Crippen molar-refractivity contribution >= 4 is 5.97 Å². The molecule has 96 valence electrons. The highest BCUT2D eigenvalue weighted by molar-refractivity contribution is 5.83. The van der Waals surface area contributed by atoms with Gasteiger partial charge in [-0.1, -0.05) is 6.92 Å². The number of aromatic nitrogens is 3. The van der Waals surface area contributed by atoms with E-state index in [4.69, 9.17) is 10.4 Å². The molecule has 0 fully saturated rings. The van der Waals surface area contributed by atoms with Gasteiger partial charge in [0, 0.05) is 6.42 Å². The number of aromatic carboxylic acids is 1. The van der Waals surface area contributed by atoms with Crippen LogP contribution in [0.4, 0.5) is 0 Å². The SMILES string of the molecule is CCCc1nc(C(=O)O)nn1-c1ccc(C#N)cc1. The molecule has 6 nitrogen and oxygen atoms in total. The number of nitrogens with zero attached hydrogens (tertiary/aromatic N) is 4. The lowest BCUT2D eigenvalue weighted by atomic mass is 10.2. The van der Waals surface area contributed by atoms with Gasteiger partial charge in [-0.05, 0) is 30.7 Å². The van der Waals surface area contributed by atoms with E-state index in [0.717, 1.165) is 6.42 Å². The number of carboxylic acid groups (broad SMARTS) is 1. The van der Waals surface area contributed by atoms with Crippen LogP contribution in [0, 0.1) is 11.3 Å². The molecule has 2 rings (SSSR count). The Labute approximate surface area is 109 Å². The van der Waals surface area contributed by atoms with Crippen molar-refractivity contribution in [1.29, 1.82) is 5.26 Å². The van der Waals surface area contributed by atoms with Gasteiger partial charge in [-0.25, -0.2) is 14.5 Å². The summed E-state index contributed by atoms with van der Waals surface area (Å²) in [6.07, 6.45) is 1.48. The summed E-state index contributed by atoms with van der Waals surface area (Å²) in [5.41, 5.74) is 1.24. The van der Waals surface area contributed by atoms with Gasteiger partial charge in [0.15, 0.2) is 0 Å². The number of aryl methyl sites for hydroxylation is 1. The van der Waals surface area contributed by atoms with Gasteiger partial charge >= 0.3 is 5.97 Å². The van der Waals surface area contributed by atoms with Crippen LogP contribution >= 0.6 is 0 Å². The monoisotopic (exact) mass is 256 g/mol. The van der Waals surface area contributed by atoms with Gasteiger partial charge < -0.3 is 5.11 Å². The Morgan fingerprint density at radius 2 is 2.11 bits per heavy atom. The zero-order chi connectivity index (χ0) is 13.8. The number of rotatable bonds is 4. The van der Waals surface area contributed by atoms with Gasteiger partial charge in [0.05, 0.1) is 17.3 Å². The molecule has 0 radical (unpaired) electrons. The fourth-order valence-corrected chi connectivity index (χ4v) is 1.70. The van der Waals surface area contributed by atoms with Crippen LogP contribution in [0.3, 0.4) is 0 Å². The first-order valence-corrected chi connectivity index (χ1v) is 5.85. The second-order valence-electron chi connectivity index (χ2n) is 3.98. The summed E-state index contributed by atoms with van der Waals surface area (Å²) < 4.78 is 1.51. The standard InChI is InChI=1S/C13H12N4O2/c1-2-3-11-15-12(13(18)19)16-17(11)10-6-4-9(8-14)5-7-10/h4-7H,2-3H2,1H3,(H,18,19). The molecule has 1 heterocycles. The molecule has 0 aliphatic heterocycles. The molecule has 0 saturated heterocycles. The van der Waals surface area contributed by atoms with E-state index < -0.39 is 5.97 Å². The van der Waals surface area contributed by atoms with Crippen LogP contribution in [-0.4, -0.2) is 25.8 Å². The molecule has 0 unspecified atom stereocenters. The third kappa shape index (κ3) is 2.60. The second-order valence-corrected chi connectivity index (χ2v) is 3.98. The Kier molecular flexibility index (Phi) is 3.57. The highest BCUT2D eigenvalue weighted by Crippen LogP contribution is 2.12. The van der Waals surface area contributed by atoms with E-state index in [-0.39, 0.29) is 5.82 Å². The number of hydrogen-bond donors (Lipinski definition) is 1. The molecular weight excluding hydrogens is 244 g/mol. The molecule has 2 aromatic rings. The lowest BCUT2D eigenvalue weighted by Crippen LogP contribution is -2.03. The highest BCUT2D eigenvalue weighted by Gasteiger charge is 2.15. The maximum absolute atomic E-state index is 10.9. The molecule has 0 atom stereocenters. The normalized spacial score (nSPS) is 10.1. The number of carbonyl (C=O) groups is 1. The van der Waals surface area contributed by atoms with Crippen molar-refractivity contribution in [1.82, 2.24) is 14.8 Å². The number of carboxylic acids is 1. The molecule has 1 aromatic heterocycles. The lowest BCUT2D eigenvalue weighted by Gasteiger charge is -2.04. The zero-order valence-electron chi connectivity index (χ0n) is 10.4. The van der Waals surface area contributed by atoms with Gasteiger partial charge in [-0.3, -0.25) is 0 Å². The van der Waals surface area contributed by atoms with E-state index in [1.165, 1.54) is 4.68 Å². The van der Waals surface area contributed by atoms with E-state index in [2.05, 4.69) is 10.1 Å². The molecule has 0 saturated carbocycles. The summed E-state index contributed by atoms with van der Waals surface area (Å²) >= 11 is 0. The Morgan fingerprint density at radius 3 is 2.63 bits per heavy atom. The van der Waals surface area contributed by atoms with Crippen LogP contribution in [0.1, 0.15) is 35.4 Å². The molecule has 1 N–H and O–H groups in total. The Bertz CT molecular complexity index is 638. The Hall–Kier alpha value is -2.68. The van der Waals surface area contributed by atoms with Crippen LogP contribution < -0.4 is 0 Å². The predicted octanol–water partition coefficient (Wildman–Crippen LogP) is 1.79. The van der Waals surface area contributed by atoms with Crippen molar-refractivity contribution in [2.24, 2.45) is 0 Å². The van der Waals surface area contributed by atoms with E-state index in [1.807, 2.05) is 13.0 Å². The van der Waals surface area contributed by atoms with Gasteiger partial charge in [-0.15, -0.1) is 5.10 Å². The predicted molar refractivity (Wildman–Crippen MR) is 67.0 cm³/mol. The van der Waals surface area contributed by atoms with Crippen LogP contribution in [0.5, 0.6) is 0 Å². The molecule has 0 amide bonds. The van der Waals surface area contributed by atoms with Crippen LogP contribution in [-0.2, 0) is 6.42 Å². The van der Waals surface area contributed by atoms with Crippen LogP contribution in [0.25, 0.3) is 5.69 Å². The summed E-state index contributed by atoms with van der Waals surface area (Å²) in [6, 6.07) is 8.79. The van der Waals surface area contributed by atoms with Gasteiger partial charge in [0.2, 0.25) is 0 Å². The molecule has 0 spiro atoms. The first-order chi connectivity index (χ1) is 9.15. The topological polar surface area (TPSA) is 91.8 Å². The summed E-state index contributed by atoms with van der Waals surface area (Å²) in [6.45, 7) is 1.98. The molecule has 0 aliphatic rings. The van der Waals surface area contributed by atoms with Crippen molar-refractivity contribution in [3.05, 3.63) is 41.5 Å². The minimum atomic E-state index is -1.15. The third-order valence-electron chi connectivity index (χ3n) is 2.58. The van der Waals surface area contributed by atoms with E-state index in [1.54, 1.807) is 24.3 Å². The van der Waals surface area contributed by atoms with E-state index in [0.29, 0.717) is 23.5 Å². The van der Waals surface area contributed by atoms with Crippen LogP contribution in [0.2, 0.25) is 0 Å². The summed E-state index contributed by atoms with van der Waals surface area (Å²) in [7, 11) is 0. The molecule has 1 aromatic carbocycles. The molecule has 0 bridgehead atoms. The minimum Gasteiger partial charge on any atom is -0.475 e. The first kappa shape index (κ1) is 12.8. The highest BCUT2D eigenvalue weighted by atomic mass is 16.4. The summed E-state index contributed by atoms with van der Waals surface area (Å²) in [4.78, 5) is 14.9. The summed E-state index contributed by atoms with van der Waals surface area (Å²) in [5.74, 6) is -0.762. The quantitative estimate of drug-likeness (QED) is 0.900. The van der Waals surface area contributed by atoms with Gasteiger partial charge in [-0.2, -0.15) is 5.26 Å². The second kappa shape index (κ2) is 5.31. The number of benzene rings is 1. The minimum absolute atomic E-state index is 0.215. The lowest BCUT2D eigenvalue weighted by molar-refractivity contribution is 0.0683. The maximum Gasteiger partial charge on any atom is 0.375 e. The van der Waals surface area contributed by atoms with E-state index in [9.17, 15) is 4.79 Å². The van der Waals surface area contributed by atoms with Crippen LogP contribution in [0.15, 0.2) is 24.3 Å². The third-order valence-corrected chi connectivity index (χ3v) is 2.58. The van der Waals surface area contributed by atoms with E-state index >= 15 is 0 Å². The largest absolute Gasteiger partial charge is 0.475 e. The number of nitriles is 1. The van der Waals surface area contributed by atoms with Crippen molar-refractivity contribution in [2.75, 3.05) is 0 Å². The van der Waals surface area contributed by atoms with Crippen molar-refractivity contribution in [3.8, 4) is 11.8 Å². The smallest absolute Gasteiger partial charge is 0.375 e. The Morgan fingerprint density at radius 1 is 1.42 bits per heavy atom. The van der Waals surface area contributed by atoms with Crippen molar-refractivity contribution in [2.45, 2.75) is 19.8 Å². The molecule has 19 heavy (non-hydrogen) atoms. The number of hydrogen-bond acceptors (Lipinski definition) is 4.